The van der Waals surface area contributed by atoms with Crippen LogP contribution in [0.2, 0.25) is 0 Å². The summed E-state index contributed by atoms with van der Waals surface area (Å²) >= 11 is 0. The van der Waals surface area contributed by atoms with Gasteiger partial charge in [0.25, 0.3) is 0 Å². The molecule has 1 aliphatic carbocycles. The summed E-state index contributed by atoms with van der Waals surface area (Å²) in [6.45, 7) is 11.9. The number of ether oxygens (including phenoxy) is 1. The Morgan fingerprint density at radius 1 is 1.23 bits per heavy atom. The van der Waals surface area contributed by atoms with E-state index in [1.807, 2.05) is 27.8 Å². The van der Waals surface area contributed by atoms with Gasteiger partial charge in [0.15, 0.2) is 0 Å². The highest BCUT2D eigenvalue weighted by atomic mass is 16.6. The molecule has 0 saturated heterocycles. The van der Waals surface area contributed by atoms with Gasteiger partial charge in [0.05, 0.1) is 0 Å². The molecule has 1 rings (SSSR count). The van der Waals surface area contributed by atoms with E-state index in [1.165, 1.54) is 32.1 Å². The second-order valence-corrected chi connectivity index (χ2v) is 8.06. The largest absolute Gasteiger partial charge is 0.444 e. The van der Waals surface area contributed by atoms with E-state index in [9.17, 15) is 4.79 Å². The van der Waals surface area contributed by atoms with Gasteiger partial charge in [-0.25, -0.2) is 4.79 Å². The predicted octanol–water partition coefficient (Wildman–Crippen LogP) is 4.05. The average molecular weight is 312 g/mol. The molecule has 0 bridgehead atoms. The Labute approximate surface area is 137 Å². The van der Waals surface area contributed by atoms with Crippen molar-refractivity contribution in [2.45, 2.75) is 78.4 Å². The third-order valence-electron chi connectivity index (χ3n) is 4.44. The van der Waals surface area contributed by atoms with E-state index >= 15 is 0 Å². The SMILES string of the molecule is CC(CNC(C)C1CCCCC1)CN(C)C(=O)OC(C)(C)C. The zero-order chi connectivity index (χ0) is 16.8. The number of hydrogen-bond donors (Lipinski definition) is 1. The number of rotatable bonds is 6. The molecule has 1 amide bonds. The van der Waals surface area contributed by atoms with Crippen molar-refractivity contribution < 1.29 is 9.53 Å². The lowest BCUT2D eigenvalue weighted by Crippen LogP contribution is -2.41. The topological polar surface area (TPSA) is 41.6 Å². The summed E-state index contributed by atoms with van der Waals surface area (Å²) in [6, 6.07) is 0.578. The molecule has 1 fully saturated rings. The van der Waals surface area contributed by atoms with Crippen LogP contribution in [-0.2, 0) is 4.74 Å². The first kappa shape index (κ1) is 19.3. The molecule has 1 N–H and O–H groups in total. The lowest BCUT2D eigenvalue weighted by molar-refractivity contribution is 0.0276. The smallest absolute Gasteiger partial charge is 0.410 e. The van der Waals surface area contributed by atoms with Crippen LogP contribution in [0.25, 0.3) is 0 Å². The average Bonchev–Trinajstić information content (AvgIpc) is 2.43. The van der Waals surface area contributed by atoms with Gasteiger partial charge in [0.2, 0.25) is 0 Å². The second kappa shape index (κ2) is 8.76. The Morgan fingerprint density at radius 3 is 2.36 bits per heavy atom. The predicted molar refractivity (Wildman–Crippen MR) is 92.1 cm³/mol. The molecule has 0 aromatic heterocycles. The van der Waals surface area contributed by atoms with Crippen LogP contribution in [0.5, 0.6) is 0 Å². The fourth-order valence-corrected chi connectivity index (χ4v) is 3.13. The molecule has 0 radical (unpaired) electrons. The van der Waals surface area contributed by atoms with E-state index in [-0.39, 0.29) is 6.09 Å². The Bertz CT molecular complexity index is 332. The maximum Gasteiger partial charge on any atom is 0.410 e. The van der Waals surface area contributed by atoms with Gasteiger partial charge in [0, 0.05) is 19.6 Å². The highest BCUT2D eigenvalue weighted by molar-refractivity contribution is 5.67. The lowest BCUT2D eigenvalue weighted by atomic mass is 9.84. The van der Waals surface area contributed by atoms with E-state index in [0.717, 1.165) is 19.0 Å². The number of hydrogen-bond acceptors (Lipinski definition) is 3. The minimum atomic E-state index is -0.428. The molecule has 1 aliphatic rings. The minimum Gasteiger partial charge on any atom is -0.444 e. The van der Waals surface area contributed by atoms with Crippen molar-refractivity contribution in [3.63, 3.8) is 0 Å². The number of nitrogens with one attached hydrogen (secondary N) is 1. The third kappa shape index (κ3) is 7.48. The maximum absolute atomic E-state index is 12.0. The summed E-state index contributed by atoms with van der Waals surface area (Å²) in [5.41, 5.74) is -0.428. The maximum atomic E-state index is 12.0. The van der Waals surface area contributed by atoms with E-state index in [1.54, 1.807) is 4.90 Å². The Hall–Kier alpha value is -0.770. The van der Waals surface area contributed by atoms with Gasteiger partial charge in [-0.05, 0) is 58.9 Å². The van der Waals surface area contributed by atoms with Gasteiger partial charge < -0.3 is 15.0 Å². The van der Waals surface area contributed by atoms with Crippen molar-refractivity contribution in [2.24, 2.45) is 11.8 Å². The van der Waals surface area contributed by atoms with Gasteiger partial charge in [-0.1, -0.05) is 26.2 Å². The summed E-state index contributed by atoms with van der Waals surface area (Å²) in [7, 11) is 1.81. The molecule has 2 unspecified atom stereocenters. The van der Waals surface area contributed by atoms with E-state index in [2.05, 4.69) is 19.2 Å². The van der Waals surface area contributed by atoms with Crippen molar-refractivity contribution in [1.82, 2.24) is 10.2 Å². The van der Waals surface area contributed by atoms with Gasteiger partial charge in [-0.3, -0.25) is 0 Å². The fraction of sp³-hybridized carbons (Fsp3) is 0.944. The zero-order valence-corrected chi connectivity index (χ0v) is 15.4. The van der Waals surface area contributed by atoms with Crippen molar-refractivity contribution >= 4 is 6.09 Å². The number of nitrogens with zero attached hydrogens (tertiary/aromatic N) is 1. The molecule has 0 heterocycles. The third-order valence-corrected chi connectivity index (χ3v) is 4.44. The molecule has 2 atom stereocenters. The van der Waals surface area contributed by atoms with Crippen molar-refractivity contribution in [2.75, 3.05) is 20.1 Å². The summed E-state index contributed by atoms with van der Waals surface area (Å²) in [6.07, 6.45) is 6.65. The summed E-state index contributed by atoms with van der Waals surface area (Å²) in [5.74, 6) is 1.24. The van der Waals surface area contributed by atoms with Crippen LogP contribution >= 0.6 is 0 Å². The van der Waals surface area contributed by atoms with Crippen molar-refractivity contribution in [3.05, 3.63) is 0 Å². The monoisotopic (exact) mass is 312 g/mol. The number of amides is 1. The summed E-state index contributed by atoms with van der Waals surface area (Å²) < 4.78 is 5.39. The molecule has 22 heavy (non-hydrogen) atoms. The highest BCUT2D eigenvalue weighted by Crippen LogP contribution is 2.26. The van der Waals surface area contributed by atoms with E-state index < -0.39 is 5.60 Å². The Morgan fingerprint density at radius 2 is 1.82 bits per heavy atom. The first-order valence-electron chi connectivity index (χ1n) is 8.86. The van der Waals surface area contributed by atoms with Crippen molar-refractivity contribution in [3.8, 4) is 0 Å². The first-order chi connectivity index (χ1) is 10.2. The molecular formula is C18H36N2O2. The Balaban J connectivity index is 2.26. The lowest BCUT2D eigenvalue weighted by Gasteiger charge is -2.30. The molecular weight excluding hydrogens is 276 g/mol. The Kier molecular flexibility index (Phi) is 7.67. The zero-order valence-electron chi connectivity index (χ0n) is 15.4. The molecule has 130 valence electrons. The van der Waals surface area contributed by atoms with Gasteiger partial charge in [0.1, 0.15) is 5.60 Å². The molecule has 4 heteroatoms. The van der Waals surface area contributed by atoms with E-state index in [4.69, 9.17) is 4.74 Å². The van der Waals surface area contributed by atoms with Crippen LogP contribution in [0, 0.1) is 11.8 Å². The standard InChI is InChI=1S/C18H36N2O2/c1-14(13-20(6)17(21)22-18(3,4)5)12-19-15(2)16-10-8-7-9-11-16/h14-16,19H,7-13H2,1-6H3. The molecule has 0 aliphatic heterocycles. The quantitative estimate of drug-likeness (QED) is 0.804. The molecule has 1 saturated carbocycles. The van der Waals surface area contributed by atoms with Crippen LogP contribution in [-0.4, -0.2) is 42.8 Å². The number of carbonyl (C=O) groups excluding carboxylic acids is 1. The molecule has 0 aromatic rings. The van der Waals surface area contributed by atoms with Crippen LogP contribution in [0.15, 0.2) is 0 Å². The number of carbonyl (C=O) groups is 1. The van der Waals surface area contributed by atoms with E-state index in [0.29, 0.717) is 12.0 Å². The second-order valence-electron chi connectivity index (χ2n) is 8.06. The molecule has 4 nitrogen and oxygen atoms in total. The van der Waals surface area contributed by atoms with Crippen LogP contribution in [0.4, 0.5) is 4.79 Å². The van der Waals surface area contributed by atoms with Crippen LogP contribution in [0.3, 0.4) is 0 Å². The van der Waals surface area contributed by atoms with Crippen LogP contribution in [0.1, 0.15) is 66.7 Å². The van der Waals surface area contributed by atoms with Gasteiger partial charge >= 0.3 is 6.09 Å². The van der Waals surface area contributed by atoms with Gasteiger partial charge in [-0.15, -0.1) is 0 Å². The first-order valence-corrected chi connectivity index (χ1v) is 8.86. The summed E-state index contributed by atoms with van der Waals surface area (Å²) in [4.78, 5) is 13.6. The summed E-state index contributed by atoms with van der Waals surface area (Å²) in [5, 5.41) is 3.67. The normalized spacial score (nSPS) is 19.5. The highest BCUT2D eigenvalue weighted by Gasteiger charge is 2.22. The fourth-order valence-electron chi connectivity index (χ4n) is 3.13. The van der Waals surface area contributed by atoms with Gasteiger partial charge in [-0.2, -0.15) is 0 Å². The van der Waals surface area contributed by atoms with Crippen LogP contribution < -0.4 is 5.32 Å². The molecule has 0 aromatic carbocycles. The minimum absolute atomic E-state index is 0.236. The van der Waals surface area contributed by atoms with Crippen molar-refractivity contribution in [1.29, 1.82) is 0 Å². The molecule has 0 spiro atoms.